The van der Waals surface area contributed by atoms with Crippen molar-refractivity contribution in [3.8, 4) is 0 Å². The maximum Gasteiger partial charge on any atom is 0.465 e. The molecule has 0 radical (unpaired) electrons. The minimum Gasteiger partial charge on any atom is -0.241 e. The third kappa shape index (κ3) is 6.53. The van der Waals surface area contributed by atoms with E-state index in [9.17, 15) is 87.8 Å². The Balaban J connectivity index is 3.65. The van der Waals surface area contributed by atoms with Crippen LogP contribution in [0.15, 0.2) is 0 Å². The zero-order valence-corrected chi connectivity index (χ0v) is 16.0. The molecule has 0 aromatic heterocycles. The van der Waals surface area contributed by atoms with Gasteiger partial charge in [0.15, 0.2) is 0 Å². The first-order valence-electron chi connectivity index (χ1n) is 7.73. The fourth-order valence-corrected chi connectivity index (χ4v) is 1.41. The normalized spacial score (nSPS) is 31.9. The molecule has 28 heteroatoms. The third-order valence-corrected chi connectivity index (χ3v) is 3.12. The Kier molecular flexibility index (Phi) is 8.52. The number of hydrogen-bond acceptors (Lipinski definition) is 8. The smallest absolute Gasteiger partial charge is 0.241 e. The summed E-state index contributed by atoms with van der Waals surface area (Å²) in [6.45, 7) is 0. The Hall–Kier alpha value is -1.72. The van der Waals surface area contributed by atoms with Crippen LogP contribution >= 0.6 is 0 Å². The number of hydrogen-bond donors (Lipinski definition) is 2. The van der Waals surface area contributed by atoms with Gasteiger partial charge in [-0.15, -0.1) is 11.2 Å². The molecule has 0 aromatic rings. The van der Waals surface area contributed by atoms with Gasteiger partial charge in [0.05, 0.1) is 0 Å². The quantitative estimate of drug-likeness (QED) is 0.366. The zero-order chi connectivity index (χ0) is 30.7. The summed E-state index contributed by atoms with van der Waals surface area (Å²) < 4.78 is 269. The lowest BCUT2D eigenvalue weighted by molar-refractivity contribution is -0.593. The Morgan fingerprint density at radius 2 is 0.368 bits per heavy atom. The molecule has 0 unspecified atom stereocenters. The highest BCUT2D eigenvalue weighted by Crippen LogP contribution is 2.53. The third-order valence-electron chi connectivity index (χ3n) is 3.12. The molecule has 38 heavy (non-hydrogen) atoms. The second-order valence-corrected chi connectivity index (χ2v) is 5.98. The van der Waals surface area contributed by atoms with Crippen LogP contribution in [0.25, 0.3) is 0 Å². The fraction of sp³-hybridized carbons (Fsp3) is 1.00. The Morgan fingerprint density at radius 3 is 0.526 bits per heavy atom. The van der Waals surface area contributed by atoms with Crippen LogP contribution in [-0.2, 0) is 28.6 Å². The van der Waals surface area contributed by atoms with Crippen LogP contribution in [0.2, 0.25) is 0 Å². The summed E-state index contributed by atoms with van der Waals surface area (Å²) in [5.74, 6) is 0. The van der Waals surface area contributed by atoms with E-state index >= 15 is 0 Å². The molecular formula is C10H2F20N2O6. The summed E-state index contributed by atoms with van der Waals surface area (Å²) >= 11 is 0. The average Bonchev–Trinajstić information content (AvgIpc) is 2.60. The maximum atomic E-state index is 13.2. The van der Waals surface area contributed by atoms with E-state index in [2.05, 4.69) is 9.68 Å². The van der Waals surface area contributed by atoms with Crippen molar-refractivity contribution in [2.45, 2.75) is 61.1 Å². The number of ether oxygens (including phenoxy) is 4. The number of nitrogens with one attached hydrogen (secondary N) is 2. The van der Waals surface area contributed by atoms with Crippen molar-refractivity contribution in [1.29, 1.82) is 0 Å². The van der Waals surface area contributed by atoms with E-state index in [4.69, 9.17) is 0 Å². The molecule has 2 N–H and O–H groups in total. The van der Waals surface area contributed by atoms with Crippen LogP contribution in [0, 0.1) is 0 Å². The van der Waals surface area contributed by atoms with Crippen LogP contribution in [0.1, 0.15) is 0 Å². The van der Waals surface area contributed by atoms with E-state index in [1.165, 1.54) is 18.9 Å². The maximum absolute atomic E-state index is 13.2. The Bertz CT molecular complexity index is 782. The lowest BCUT2D eigenvalue weighted by atomic mass is 10.4. The van der Waals surface area contributed by atoms with Crippen molar-refractivity contribution in [2.24, 2.45) is 0 Å². The van der Waals surface area contributed by atoms with Gasteiger partial charge in [-0.1, -0.05) is 0 Å². The Morgan fingerprint density at radius 1 is 0.237 bits per heavy atom. The van der Waals surface area contributed by atoms with Gasteiger partial charge in [0.1, 0.15) is 0 Å². The first-order chi connectivity index (χ1) is 16.3. The summed E-state index contributed by atoms with van der Waals surface area (Å²) in [6.07, 6.45) is -74.8. The van der Waals surface area contributed by atoms with Crippen LogP contribution in [0.4, 0.5) is 87.8 Å². The van der Waals surface area contributed by atoms with Crippen molar-refractivity contribution in [1.82, 2.24) is 11.2 Å². The number of halogens is 20. The molecule has 0 aromatic carbocycles. The summed E-state index contributed by atoms with van der Waals surface area (Å²) in [6, 6.07) is 0. The number of rotatable bonds is 0. The first kappa shape index (κ1) is 34.3. The van der Waals surface area contributed by atoms with Gasteiger partial charge < -0.3 is 0 Å². The predicted molar refractivity (Wildman–Crippen MR) is 62.3 cm³/mol. The highest BCUT2D eigenvalue weighted by atomic mass is 19.4. The monoisotopic (exact) mass is 626 g/mol. The van der Waals surface area contributed by atoms with Crippen molar-refractivity contribution in [2.75, 3.05) is 0 Å². The summed E-state index contributed by atoms with van der Waals surface area (Å²) in [5, 5.41) is 0. The van der Waals surface area contributed by atoms with Gasteiger partial charge in [0, 0.05) is 0 Å². The lowest BCUT2D eigenvalue weighted by Crippen LogP contribution is -2.63. The largest absolute Gasteiger partial charge is 0.465 e. The molecule has 1 aliphatic heterocycles. The highest BCUT2D eigenvalue weighted by Gasteiger charge is 2.79. The van der Waals surface area contributed by atoms with Crippen LogP contribution in [0.3, 0.4) is 0 Å². The Labute approximate surface area is 190 Å². The van der Waals surface area contributed by atoms with E-state index in [1.807, 2.05) is 0 Å². The minimum atomic E-state index is -7.84. The lowest BCUT2D eigenvalue weighted by Gasteiger charge is -2.36. The zero-order valence-electron chi connectivity index (χ0n) is 16.0. The van der Waals surface area contributed by atoms with Crippen molar-refractivity contribution in [3.63, 3.8) is 0 Å². The number of hydrazine groups is 1. The molecule has 1 heterocycles. The summed E-state index contributed by atoms with van der Waals surface area (Å²) in [5.41, 5.74) is -0.513. The van der Waals surface area contributed by atoms with Gasteiger partial charge in [-0.2, -0.15) is 87.8 Å². The summed E-state index contributed by atoms with van der Waals surface area (Å²) in [7, 11) is 0. The molecule has 0 spiro atoms. The molecule has 0 saturated carbocycles. The van der Waals surface area contributed by atoms with Gasteiger partial charge in [-0.05, 0) is 0 Å². The van der Waals surface area contributed by atoms with Gasteiger partial charge in [0.2, 0.25) is 0 Å². The number of alkyl halides is 20. The van der Waals surface area contributed by atoms with Gasteiger partial charge in [-0.3, -0.25) is 0 Å². The average molecular weight is 626 g/mol. The van der Waals surface area contributed by atoms with Crippen molar-refractivity contribution in [3.05, 3.63) is 0 Å². The molecule has 0 atom stereocenters. The minimum absolute atomic E-state index is 0.257. The molecular weight excluding hydrogens is 624 g/mol. The summed E-state index contributed by atoms with van der Waals surface area (Å²) in [4.78, 5) is 4.54. The van der Waals surface area contributed by atoms with E-state index in [1.54, 1.807) is 0 Å². The topological polar surface area (TPSA) is 79.4 Å². The predicted octanol–water partition coefficient (Wildman–Crippen LogP) is 4.95. The highest BCUT2D eigenvalue weighted by molar-refractivity contribution is 4.81. The fourth-order valence-electron chi connectivity index (χ4n) is 1.41. The second kappa shape index (κ2) is 9.44. The van der Waals surface area contributed by atoms with Gasteiger partial charge >= 0.3 is 61.1 Å². The molecule has 1 rings (SSSR count). The molecule has 1 saturated heterocycles. The van der Waals surface area contributed by atoms with Crippen LogP contribution in [0.5, 0.6) is 0 Å². The molecule has 1 aliphatic rings. The van der Waals surface area contributed by atoms with Crippen molar-refractivity contribution < 1.29 is 116 Å². The molecule has 8 nitrogen and oxygen atoms in total. The van der Waals surface area contributed by atoms with Gasteiger partial charge in [0.25, 0.3) is 0 Å². The van der Waals surface area contributed by atoms with Crippen LogP contribution in [-0.4, -0.2) is 61.1 Å². The van der Waals surface area contributed by atoms with Crippen LogP contribution < -0.4 is 11.2 Å². The second-order valence-electron chi connectivity index (χ2n) is 5.98. The molecule has 228 valence electrons. The van der Waals surface area contributed by atoms with E-state index in [-0.39, 0.29) is 11.2 Å². The SMILES string of the molecule is FC1(F)ONNOC(F)(F)C(F)(F)OC(F)(F)C(F)(F)OC(F)(F)C(F)(F)OC(F)(F)C(F)(F)OC1(F)F. The first-order valence-corrected chi connectivity index (χ1v) is 7.73. The van der Waals surface area contributed by atoms with Gasteiger partial charge in [-0.25, -0.2) is 28.6 Å². The van der Waals surface area contributed by atoms with E-state index in [0.29, 0.717) is 0 Å². The van der Waals surface area contributed by atoms with E-state index in [0.717, 1.165) is 0 Å². The standard InChI is InChI=1S/C10H2F20N2O6/c11-1(12)2(13,14)34-4(17,18)6(21,22)36-8(25,26)10(29,30)38-32-31-37-9(27,28)7(23,24)35-5(19,20)3(15,16)33-1/h31-32H. The van der Waals surface area contributed by atoms with E-state index < -0.39 is 61.1 Å². The molecule has 0 bridgehead atoms. The molecule has 0 aliphatic carbocycles. The molecule has 1 fully saturated rings. The van der Waals surface area contributed by atoms with Crippen molar-refractivity contribution >= 4 is 0 Å². The molecule has 0 amide bonds.